The second-order valence-electron chi connectivity index (χ2n) is 6.09. The molecule has 0 unspecified atom stereocenters. The Kier molecular flexibility index (Phi) is 3.45. The van der Waals surface area contributed by atoms with Crippen LogP contribution in [0.2, 0.25) is 0 Å². The third kappa shape index (κ3) is 2.31. The quantitative estimate of drug-likeness (QED) is 0.564. The minimum atomic E-state index is 0.464. The van der Waals surface area contributed by atoms with E-state index in [4.69, 9.17) is 9.47 Å². The highest BCUT2D eigenvalue weighted by molar-refractivity contribution is 5.93. The van der Waals surface area contributed by atoms with Gasteiger partial charge in [0.1, 0.15) is 6.61 Å². The summed E-state index contributed by atoms with van der Waals surface area (Å²) < 4.78 is 11.6. The summed E-state index contributed by atoms with van der Waals surface area (Å²) in [5.41, 5.74) is 5.63. The zero-order valence-corrected chi connectivity index (χ0v) is 14.1. The zero-order chi connectivity index (χ0) is 16.7. The van der Waals surface area contributed by atoms with E-state index in [1.807, 2.05) is 12.1 Å². The summed E-state index contributed by atoms with van der Waals surface area (Å²) >= 11 is 0. The van der Waals surface area contributed by atoms with Gasteiger partial charge in [0.05, 0.1) is 18.3 Å². The lowest BCUT2D eigenvalue weighted by Gasteiger charge is -2.08. The summed E-state index contributed by atoms with van der Waals surface area (Å²) in [7, 11) is 1.66. The van der Waals surface area contributed by atoms with Gasteiger partial charge in [-0.3, -0.25) is 0 Å². The number of H-pyrrole nitrogens is 2. The number of para-hydroxylation sites is 1. The highest BCUT2D eigenvalue weighted by Crippen LogP contribution is 2.39. The molecular weight excluding hydrogens is 300 g/mol. The number of aromatic nitrogens is 2. The standard InChI is InChI=1S/C20H20N2O2/c1-12-8-9-17-18(13(12)2)19(20(22-17)23-3)24-11-15-10-14-6-4-5-7-16(14)21-15/h4-10,21-22H,11H2,1-3H3. The van der Waals surface area contributed by atoms with E-state index < -0.39 is 0 Å². The van der Waals surface area contributed by atoms with Crippen LogP contribution in [0.3, 0.4) is 0 Å². The molecule has 2 heterocycles. The van der Waals surface area contributed by atoms with Crippen molar-refractivity contribution in [3.05, 3.63) is 59.3 Å². The smallest absolute Gasteiger partial charge is 0.235 e. The van der Waals surface area contributed by atoms with E-state index >= 15 is 0 Å². The van der Waals surface area contributed by atoms with Gasteiger partial charge < -0.3 is 19.4 Å². The molecule has 4 aromatic rings. The molecule has 0 radical (unpaired) electrons. The average Bonchev–Trinajstić information content (AvgIpc) is 3.17. The van der Waals surface area contributed by atoms with Crippen molar-refractivity contribution in [2.45, 2.75) is 20.5 Å². The first kappa shape index (κ1) is 14.7. The molecule has 0 amide bonds. The van der Waals surface area contributed by atoms with Crippen molar-refractivity contribution in [2.24, 2.45) is 0 Å². The molecule has 0 saturated carbocycles. The van der Waals surface area contributed by atoms with Crippen molar-refractivity contribution >= 4 is 21.8 Å². The topological polar surface area (TPSA) is 50.0 Å². The maximum atomic E-state index is 6.15. The van der Waals surface area contributed by atoms with Gasteiger partial charge in [0.25, 0.3) is 0 Å². The summed E-state index contributed by atoms with van der Waals surface area (Å²) in [6, 6.07) is 14.5. The molecule has 0 atom stereocenters. The Balaban J connectivity index is 1.72. The van der Waals surface area contributed by atoms with Gasteiger partial charge >= 0.3 is 0 Å². The number of rotatable bonds is 4. The molecule has 24 heavy (non-hydrogen) atoms. The maximum Gasteiger partial charge on any atom is 0.235 e. The fraction of sp³-hybridized carbons (Fsp3) is 0.200. The molecule has 4 rings (SSSR count). The predicted molar refractivity (Wildman–Crippen MR) is 97.0 cm³/mol. The van der Waals surface area contributed by atoms with Crippen LogP contribution in [0.5, 0.6) is 11.6 Å². The largest absolute Gasteiger partial charge is 0.481 e. The fourth-order valence-electron chi connectivity index (χ4n) is 3.15. The second kappa shape index (κ2) is 5.64. The molecule has 4 heteroatoms. The first-order valence-electron chi connectivity index (χ1n) is 8.02. The molecule has 0 aliphatic heterocycles. The lowest BCUT2D eigenvalue weighted by molar-refractivity contribution is 0.283. The van der Waals surface area contributed by atoms with E-state index in [0.29, 0.717) is 12.5 Å². The van der Waals surface area contributed by atoms with Crippen LogP contribution in [-0.4, -0.2) is 17.1 Å². The Bertz CT molecular complexity index is 994. The molecular formula is C20H20N2O2. The fourth-order valence-corrected chi connectivity index (χ4v) is 3.15. The molecule has 2 N–H and O–H groups in total. The van der Waals surface area contributed by atoms with Crippen LogP contribution < -0.4 is 9.47 Å². The minimum Gasteiger partial charge on any atom is -0.481 e. The average molecular weight is 320 g/mol. The first-order valence-corrected chi connectivity index (χ1v) is 8.02. The van der Waals surface area contributed by atoms with Gasteiger partial charge in [-0.1, -0.05) is 24.3 Å². The molecule has 0 bridgehead atoms. The van der Waals surface area contributed by atoms with Crippen LogP contribution in [0.1, 0.15) is 16.8 Å². The molecule has 0 aliphatic rings. The number of hydrogen-bond donors (Lipinski definition) is 2. The van der Waals surface area contributed by atoms with Crippen molar-refractivity contribution in [1.29, 1.82) is 0 Å². The van der Waals surface area contributed by atoms with Crippen molar-refractivity contribution in [3.63, 3.8) is 0 Å². The Hall–Kier alpha value is -2.88. The van der Waals surface area contributed by atoms with Crippen LogP contribution >= 0.6 is 0 Å². The Labute approximate surface area is 140 Å². The number of methoxy groups -OCH3 is 1. The summed E-state index contributed by atoms with van der Waals surface area (Å²) in [5.74, 6) is 1.43. The Morgan fingerprint density at radius 3 is 2.58 bits per heavy atom. The molecule has 0 aliphatic carbocycles. The second-order valence-corrected chi connectivity index (χ2v) is 6.09. The lowest BCUT2D eigenvalue weighted by Crippen LogP contribution is -1.97. The molecule has 2 aromatic heterocycles. The van der Waals surface area contributed by atoms with E-state index in [1.165, 1.54) is 16.5 Å². The van der Waals surface area contributed by atoms with E-state index in [-0.39, 0.29) is 0 Å². The third-order valence-electron chi connectivity index (χ3n) is 4.58. The number of aromatic amines is 2. The third-order valence-corrected chi connectivity index (χ3v) is 4.58. The summed E-state index contributed by atoms with van der Waals surface area (Å²) in [6.45, 7) is 4.68. The van der Waals surface area contributed by atoms with Crippen LogP contribution in [-0.2, 0) is 6.61 Å². The Morgan fingerprint density at radius 1 is 0.958 bits per heavy atom. The number of ether oxygens (including phenoxy) is 2. The van der Waals surface area contributed by atoms with Crippen molar-refractivity contribution < 1.29 is 9.47 Å². The van der Waals surface area contributed by atoms with Crippen LogP contribution in [0, 0.1) is 13.8 Å². The summed E-state index contributed by atoms with van der Waals surface area (Å²) in [4.78, 5) is 6.68. The van der Waals surface area contributed by atoms with Gasteiger partial charge in [-0.2, -0.15) is 0 Å². The Morgan fingerprint density at radius 2 is 1.79 bits per heavy atom. The zero-order valence-electron chi connectivity index (χ0n) is 14.1. The van der Waals surface area contributed by atoms with Gasteiger partial charge in [-0.05, 0) is 48.6 Å². The summed E-state index contributed by atoms with van der Waals surface area (Å²) in [5, 5.41) is 2.27. The molecule has 122 valence electrons. The number of fused-ring (bicyclic) bond motifs is 2. The van der Waals surface area contributed by atoms with Gasteiger partial charge in [-0.25, -0.2) is 0 Å². The molecule has 2 aromatic carbocycles. The van der Waals surface area contributed by atoms with Crippen LogP contribution in [0.4, 0.5) is 0 Å². The molecule has 4 nitrogen and oxygen atoms in total. The SMILES string of the molecule is COc1[nH]c2ccc(C)c(C)c2c1OCc1cc2ccccc2[nH]1. The lowest BCUT2D eigenvalue weighted by atomic mass is 10.1. The van der Waals surface area contributed by atoms with Gasteiger partial charge in [0, 0.05) is 10.9 Å². The predicted octanol–water partition coefficient (Wildman–Crippen LogP) is 4.85. The number of benzene rings is 2. The number of hydrogen-bond acceptors (Lipinski definition) is 2. The van der Waals surface area contributed by atoms with Gasteiger partial charge in [0.15, 0.2) is 5.75 Å². The maximum absolute atomic E-state index is 6.15. The highest BCUT2D eigenvalue weighted by Gasteiger charge is 2.17. The van der Waals surface area contributed by atoms with Crippen LogP contribution in [0.15, 0.2) is 42.5 Å². The van der Waals surface area contributed by atoms with Gasteiger partial charge in [-0.15, -0.1) is 0 Å². The van der Waals surface area contributed by atoms with Crippen molar-refractivity contribution in [2.75, 3.05) is 7.11 Å². The minimum absolute atomic E-state index is 0.464. The molecule has 0 fully saturated rings. The van der Waals surface area contributed by atoms with Crippen LogP contribution in [0.25, 0.3) is 21.8 Å². The van der Waals surface area contributed by atoms with Crippen molar-refractivity contribution in [3.8, 4) is 11.6 Å². The van der Waals surface area contributed by atoms with Gasteiger partial charge in [0.2, 0.25) is 5.88 Å². The highest BCUT2D eigenvalue weighted by atomic mass is 16.5. The van der Waals surface area contributed by atoms with E-state index in [2.05, 4.69) is 54.1 Å². The van der Waals surface area contributed by atoms with E-state index in [0.717, 1.165) is 27.9 Å². The van der Waals surface area contributed by atoms with Crippen molar-refractivity contribution in [1.82, 2.24) is 9.97 Å². The monoisotopic (exact) mass is 320 g/mol. The van der Waals surface area contributed by atoms with E-state index in [9.17, 15) is 0 Å². The van der Waals surface area contributed by atoms with E-state index in [1.54, 1.807) is 7.11 Å². The first-order chi connectivity index (χ1) is 11.7. The number of aryl methyl sites for hydroxylation is 2. The number of nitrogens with one attached hydrogen (secondary N) is 2. The summed E-state index contributed by atoms with van der Waals surface area (Å²) in [6.07, 6.45) is 0. The molecule has 0 spiro atoms. The molecule has 0 saturated heterocycles. The normalized spacial score (nSPS) is 11.3.